The molecule has 0 unspecified atom stereocenters. The third kappa shape index (κ3) is 3.64. The average Bonchev–Trinajstić information content (AvgIpc) is 3.22. The van der Waals surface area contributed by atoms with Gasteiger partial charge in [-0.3, -0.25) is 5.10 Å². The summed E-state index contributed by atoms with van der Waals surface area (Å²) in [6.07, 6.45) is -4.55. The molecule has 0 amide bonds. The number of nitrogens with zero attached hydrogens (tertiary/aromatic N) is 4. The number of alkyl halides is 3. The summed E-state index contributed by atoms with van der Waals surface area (Å²) < 4.78 is 40.7. The Bertz CT molecular complexity index is 1400. The lowest BCUT2D eigenvalue weighted by Crippen LogP contribution is -2.10. The zero-order chi connectivity index (χ0) is 22.1. The summed E-state index contributed by atoms with van der Waals surface area (Å²) in [7, 11) is 0. The standard InChI is InChI=1S/C23H15F3N6/c24-23(25,26)17-12-6-4-10-15(17)20-27-22(19(30-32-20)14-8-2-1-3-9-14)28-21-16-11-5-7-13-18(16)29-31-21/h1-13H,(H2,27,28,29,31,32). The Kier molecular flexibility index (Phi) is 4.78. The predicted octanol–water partition coefficient (Wildman–Crippen LogP) is 5.84. The molecule has 158 valence electrons. The quantitative estimate of drug-likeness (QED) is 0.373. The summed E-state index contributed by atoms with van der Waals surface area (Å²) in [6.45, 7) is 0. The maximum absolute atomic E-state index is 13.6. The molecule has 2 heterocycles. The van der Waals surface area contributed by atoms with Gasteiger partial charge in [-0.1, -0.05) is 60.7 Å². The first kappa shape index (κ1) is 19.7. The topological polar surface area (TPSA) is 79.4 Å². The van der Waals surface area contributed by atoms with Crippen molar-refractivity contribution in [3.05, 3.63) is 84.4 Å². The normalized spacial score (nSPS) is 11.6. The molecule has 9 heteroatoms. The second-order valence-corrected chi connectivity index (χ2v) is 6.98. The van der Waals surface area contributed by atoms with E-state index in [0.717, 1.165) is 17.0 Å². The summed E-state index contributed by atoms with van der Waals surface area (Å²) in [5.74, 6) is 0.587. The van der Waals surface area contributed by atoms with Gasteiger partial charge >= 0.3 is 6.18 Å². The summed E-state index contributed by atoms with van der Waals surface area (Å²) in [5.41, 5.74) is 0.935. The Balaban J connectivity index is 1.67. The third-order valence-electron chi connectivity index (χ3n) is 4.91. The summed E-state index contributed by atoms with van der Waals surface area (Å²) >= 11 is 0. The fourth-order valence-corrected chi connectivity index (χ4v) is 3.41. The van der Waals surface area contributed by atoms with Crippen molar-refractivity contribution in [2.45, 2.75) is 6.18 Å². The van der Waals surface area contributed by atoms with E-state index >= 15 is 0 Å². The van der Waals surface area contributed by atoms with Crippen molar-refractivity contribution in [1.29, 1.82) is 0 Å². The molecule has 0 aliphatic rings. The van der Waals surface area contributed by atoms with Crippen molar-refractivity contribution < 1.29 is 13.2 Å². The number of hydrogen-bond acceptors (Lipinski definition) is 5. The Labute approximate surface area is 180 Å². The number of halogens is 3. The lowest BCUT2D eigenvalue weighted by atomic mass is 10.1. The van der Waals surface area contributed by atoms with Crippen LogP contribution in [0.1, 0.15) is 5.56 Å². The first-order valence-corrected chi connectivity index (χ1v) is 9.67. The highest BCUT2D eigenvalue weighted by Crippen LogP contribution is 2.37. The number of aromatic amines is 1. The number of H-pyrrole nitrogens is 1. The number of anilines is 2. The molecular weight excluding hydrogens is 417 g/mol. The van der Waals surface area contributed by atoms with Gasteiger partial charge in [-0.15, -0.1) is 10.2 Å². The maximum Gasteiger partial charge on any atom is 0.417 e. The van der Waals surface area contributed by atoms with Crippen molar-refractivity contribution in [1.82, 2.24) is 25.4 Å². The van der Waals surface area contributed by atoms with Crippen LogP contribution in [0.2, 0.25) is 0 Å². The van der Waals surface area contributed by atoms with Crippen LogP contribution in [0.3, 0.4) is 0 Å². The van der Waals surface area contributed by atoms with E-state index < -0.39 is 11.7 Å². The minimum absolute atomic E-state index is 0.139. The smallest absolute Gasteiger partial charge is 0.321 e. The van der Waals surface area contributed by atoms with Crippen LogP contribution in [0.5, 0.6) is 0 Å². The Morgan fingerprint density at radius 1 is 0.750 bits per heavy atom. The third-order valence-corrected chi connectivity index (χ3v) is 4.91. The molecule has 0 spiro atoms. The molecule has 0 aliphatic carbocycles. The van der Waals surface area contributed by atoms with Gasteiger partial charge in [-0.05, 0) is 18.2 Å². The molecule has 32 heavy (non-hydrogen) atoms. The van der Waals surface area contributed by atoms with Crippen molar-refractivity contribution in [3.63, 3.8) is 0 Å². The SMILES string of the molecule is FC(F)(F)c1ccccc1-c1nnc(-c2ccccc2)c(Nc2n[nH]c3ccccc23)n1. The number of benzene rings is 3. The highest BCUT2D eigenvalue weighted by molar-refractivity contribution is 5.92. The second kappa shape index (κ2) is 7.77. The van der Waals surface area contributed by atoms with Crippen LogP contribution in [-0.2, 0) is 6.18 Å². The molecular formula is C23H15F3N6. The van der Waals surface area contributed by atoms with E-state index in [4.69, 9.17) is 0 Å². The van der Waals surface area contributed by atoms with Crippen LogP contribution in [0.15, 0.2) is 78.9 Å². The Morgan fingerprint density at radius 2 is 1.47 bits per heavy atom. The first-order chi connectivity index (χ1) is 15.5. The molecule has 5 rings (SSSR count). The van der Waals surface area contributed by atoms with Gasteiger partial charge in [0.1, 0.15) is 5.69 Å². The first-order valence-electron chi connectivity index (χ1n) is 9.67. The molecule has 5 aromatic rings. The van der Waals surface area contributed by atoms with E-state index in [1.165, 1.54) is 18.2 Å². The molecule has 0 atom stereocenters. The number of hydrogen-bond donors (Lipinski definition) is 2. The monoisotopic (exact) mass is 432 g/mol. The molecule has 0 saturated heterocycles. The molecule has 0 aliphatic heterocycles. The van der Waals surface area contributed by atoms with Gasteiger partial charge in [0.25, 0.3) is 0 Å². The van der Waals surface area contributed by atoms with E-state index in [9.17, 15) is 13.2 Å². The number of nitrogens with one attached hydrogen (secondary N) is 2. The Hall–Kier alpha value is -4.27. The fourth-order valence-electron chi connectivity index (χ4n) is 3.41. The molecule has 6 nitrogen and oxygen atoms in total. The number of rotatable bonds is 4. The molecule has 3 aromatic carbocycles. The van der Waals surface area contributed by atoms with Gasteiger partial charge in [-0.25, -0.2) is 4.98 Å². The highest BCUT2D eigenvalue weighted by Gasteiger charge is 2.34. The van der Waals surface area contributed by atoms with E-state index in [1.54, 1.807) is 0 Å². The van der Waals surface area contributed by atoms with Crippen LogP contribution in [0.25, 0.3) is 33.5 Å². The number of aromatic nitrogens is 5. The lowest BCUT2D eigenvalue weighted by molar-refractivity contribution is -0.137. The molecule has 0 fully saturated rings. The number of para-hydroxylation sites is 1. The molecule has 2 aromatic heterocycles. The van der Waals surface area contributed by atoms with Gasteiger partial charge in [0.05, 0.1) is 11.1 Å². The largest absolute Gasteiger partial charge is 0.417 e. The minimum atomic E-state index is -4.55. The van der Waals surface area contributed by atoms with Crippen LogP contribution in [-0.4, -0.2) is 25.4 Å². The average molecular weight is 432 g/mol. The minimum Gasteiger partial charge on any atom is -0.321 e. The van der Waals surface area contributed by atoms with Crippen LogP contribution >= 0.6 is 0 Å². The maximum atomic E-state index is 13.6. The van der Waals surface area contributed by atoms with Crippen LogP contribution < -0.4 is 5.32 Å². The van der Waals surface area contributed by atoms with E-state index in [-0.39, 0.29) is 17.2 Å². The summed E-state index contributed by atoms with van der Waals surface area (Å²) in [6, 6.07) is 21.8. The zero-order valence-electron chi connectivity index (χ0n) is 16.4. The van der Waals surface area contributed by atoms with Crippen LogP contribution in [0, 0.1) is 0 Å². The van der Waals surface area contributed by atoms with E-state index in [2.05, 4.69) is 30.7 Å². The number of fused-ring (bicyclic) bond motifs is 1. The van der Waals surface area contributed by atoms with E-state index in [1.807, 2.05) is 54.6 Å². The lowest BCUT2D eigenvalue weighted by Gasteiger charge is -2.14. The van der Waals surface area contributed by atoms with Crippen molar-refractivity contribution in [2.24, 2.45) is 0 Å². The van der Waals surface area contributed by atoms with E-state index in [0.29, 0.717) is 17.1 Å². The van der Waals surface area contributed by atoms with Gasteiger partial charge in [0.15, 0.2) is 17.5 Å². The van der Waals surface area contributed by atoms with Crippen molar-refractivity contribution in [3.8, 4) is 22.6 Å². The molecule has 0 bridgehead atoms. The second-order valence-electron chi connectivity index (χ2n) is 6.98. The van der Waals surface area contributed by atoms with Gasteiger partial charge < -0.3 is 5.32 Å². The van der Waals surface area contributed by atoms with Gasteiger partial charge in [0.2, 0.25) is 0 Å². The molecule has 0 saturated carbocycles. The van der Waals surface area contributed by atoms with Gasteiger partial charge in [0, 0.05) is 16.5 Å². The molecule has 0 radical (unpaired) electrons. The van der Waals surface area contributed by atoms with Crippen molar-refractivity contribution >= 4 is 22.5 Å². The fraction of sp³-hybridized carbons (Fsp3) is 0.0435. The Morgan fingerprint density at radius 3 is 2.28 bits per heavy atom. The summed E-state index contributed by atoms with van der Waals surface area (Å²) in [5, 5.41) is 19.4. The van der Waals surface area contributed by atoms with Crippen molar-refractivity contribution in [2.75, 3.05) is 5.32 Å². The summed E-state index contributed by atoms with van der Waals surface area (Å²) in [4.78, 5) is 4.44. The highest BCUT2D eigenvalue weighted by atomic mass is 19.4. The van der Waals surface area contributed by atoms with Crippen LogP contribution in [0.4, 0.5) is 24.8 Å². The van der Waals surface area contributed by atoms with Gasteiger partial charge in [-0.2, -0.15) is 18.3 Å². The predicted molar refractivity (Wildman–Crippen MR) is 115 cm³/mol. The zero-order valence-corrected chi connectivity index (χ0v) is 16.4. The molecule has 2 N–H and O–H groups in total.